The van der Waals surface area contributed by atoms with Crippen LogP contribution in [0.1, 0.15) is 181 Å². The van der Waals surface area contributed by atoms with Gasteiger partial charge in [-0.15, -0.1) is 0 Å². The summed E-state index contributed by atoms with van der Waals surface area (Å²) in [6.07, 6.45) is 5.42. The smallest absolute Gasteiger partial charge is 0.0426 e. The third-order valence-corrected chi connectivity index (χ3v) is 13.1. The average Bonchev–Trinajstić information content (AvgIpc) is 3.84. The normalized spacial score (nSPS) is 12.2. The Labute approximate surface area is 400 Å². The van der Waals surface area contributed by atoms with Crippen molar-refractivity contribution in [1.29, 1.82) is 0 Å². The number of fused-ring (bicyclic) bond motifs is 6. The van der Waals surface area contributed by atoms with Crippen LogP contribution in [-0.2, 0) is 30.3 Å². The Morgan fingerprint density at radius 3 is 0.908 bits per heavy atom. The molecule has 2 aliphatic rings. The maximum absolute atomic E-state index is 2.49. The third-order valence-electron chi connectivity index (χ3n) is 13.1. The minimum absolute atomic E-state index is 0.113. The van der Waals surface area contributed by atoms with Gasteiger partial charge in [0.25, 0.3) is 0 Å². The number of benzene rings is 6. The summed E-state index contributed by atoms with van der Waals surface area (Å²) >= 11 is 0. The summed E-state index contributed by atoms with van der Waals surface area (Å²) in [5, 5.41) is 0. The highest BCUT2D eigenvalue weighted by molar-refractivity contribution is 5.82. The Morgan fingerprint density at radius 1 is 0.323 bits per heavy atom. The first-order valence-electron chi connectivity index (χ1n) is 25.9. The molecule has 0 aromatic heterocycles. The van der Waals surface area contributed by atoms with Gasteiger partial charge in [0.05, 0.1) is 0 Å². The average molecular weight is 875 g/mol. The number of hydrogen-bond donors (Lipinski definition) is 0. The summed E-state index contributed by atoms with van der Waals surface area (Å²) in [6.45, 7) is 35.2. The molecule has 352 valence electrons. The molecule has 0 atom stereocenters. The zero-order valence-corrected chi connectivity index (χ0v) is 44.5. The summed E-state index contributed by atoms with van der Waals surface area (Å²) < 4.78 is 0. The number of nitrogens with zero attached hydrogens (tertiary/aromatic N) is 2. The Morgan fingerprint density at radius 2 is 0.600 bits per heavy atom. The molecule has 0 unspecified atom stereocenters. The predicted molar refractivity (Wildman–Crippen MR) is 294 cm³/mol. The van der Waals surface area contributed by atoms with Crippen LogP contribution in [0, 0.1) is 0 Å². The third kappa shape index (κ3) is 11.9. The fraction of sp³-hybridized carbons (Fsp3) is 0.429. The molecule has 0 saturated carbocycles. The van der Waals surface area contributed by atoms with Crippen molar-refractivity contribution in [3.63, 3.8) is 0 Å². The van der Waals surface area contributed by atoms with Crippen molar-refractivity contribution >= 4 is 11.4 Å². The van der Waals surface area contributed by atoms with Gasteiger partial charge in [-0.25, -0.2) is 0 Å². The molecule has 2 heteroatoms. The van der Waals surface area contributed by atoms with Crippen molar-refractivity contribution in [3.8, 4) is 22.3 Å². The molecule has 0 fully saturated rings. The zero-order chi connectivity index (χ0) is 48.7. The van der Waals surface area contributed by atoms with E-state index in [0.29, 0.717) is 0 Å². The summed E-state index contributed by atoms with van der Waals surface area (Å²) in [5.74, 6) is 0. The van der Waals surface area contributed by atoms with Crippen molar-refractivity contribution < 1.29 is 0 Å². The largest absolute Gasteiger partial charge is 0.370 e. The maximum Gasteiger partial charge on any atom is 0.0426 e. The second-order valence-corrected chi connectivity index (χ2v) is 15.7. The van der Waals surface area contributed by atoms with Crippen molar-refractivity contribution in [2.75, 3.05) is 23.9 Å². The second-order valence-electron chi connectivity index (χ2n) is 15.7. The van der Waals surface area contributed by atoms with Crippen LogP contribution < -0.4 is 9.80 Å². The maximum atomic E-state index is 2.49. The molecule has 0 heterocycles. The first-order chi connectivity index (χ1) is 31.8. The highest BCUT2D eigenvalue weighted by Crippen LogP contribution is 2.54. The van der Waals surface area contributed by atoms with E-state index in [-0.39, 0.29) is 10.8 Å². The van der Waals surface area contributed by atoms with Crippen LogP contribution in [0.3, 0.4) is 0 Å². The van der Waals surface area contributed by atoms with Gasteiger partial charge in [-0.1, -0.05) is 220 Å². The molecule has 0 bridgehead atoms. The van der Waals surface area contributed by atoms with E-state index in [9.17, 15) is 0 Å². The summed E-state index contributed by atoms with van der Waals surface area (Å²) in [7, 11) is 4.43. The second kappa shape index (κ2) is 28.1. The highest BCUT2D eigenvalue weighted by atomic mass is 15.1. The van der Waals surface area contributed by atoms with Crippen LogP contribution >= 0.6 is 0 Å². The molecule has 6 aromatic carbocycles. The van der Waals surface area contributed by atoms with Gasteiger partial charge >= 0.3 is 0 Å². The minimum Gasteiger partial charge on any atom is -0.370 e. The fourth-order valence-electron chi connectivity index (χ4n) is 9.93. The van der Waals surface area contributed by atoms with Crippen LogP contribution in [0.2, 0.25) is 0 Å². The lowest BCUT2D eigenvalue weighted by Gasteiger charge is -2.30. The highest BCUT2D eigenvalue weighted by Gasteiger charge is 2.41. The van der Waals surface area contributed by atoms with Crippen LogP contribution in [0.4, 0.5) is 11.4 Å². The van der Waals surface area contributed by atoms with E-state index in [0.717, 1.165) is 45.2 Å². The molecular formula is C63H90N2. The Hall–Kier alpha value is -5.08. The lowest BCUT2D eigenvalue weighted by molar-refractivity contribution is 0.490. The van der Waals surface area contributed by atoms with E-state index in [4.69, 9.17) is 0 Å². The molecule has 0 N–H and O–H groups in total. The van der Waals surface area contributed by atoms with Crippen molar-refractivity contribution in [1.82, 2.24) is 0 Å². The summed E-state index contributed by atoms with van der Waals surface area (Å²) in [5.41, 5.74) is 19.8. The predicted octanol–water partition coefficient (Wildman–Crippen LogP) is 18.9. The quantitative estimate of drug-likeness (QED) is 0.121. The fourth-order valence-corrected chi connectivity index (χ4v) is 9.93. The van der Waals surface area contributed by atoms with Gasteiger partial charge < -0.3 is 9.80 Å². The van der Waals surface area contributed by atoms with Crippen LogP contribution in [0.15, 0.2) is 133 Å². The molecule has 0 radical (unpaired) electrons. The zero-order valence-electron chi connectivity index (χ0n) is 44.5. The van der Waals surface area contributed by atoms with E-state index in [1.54, 1.807) is 0 Å². The van der Waals surface area contributed by atoms with Gasteiger partial charge in [0.15, 0.2) is 0 Å². The van der Waals surface area contributed by atoms with Crippen LogP contribution in [0.5, 0.6) is 0 Å². The van der Waals surface area contributed by atoms with E-state index in [1.165, 1.54) is 78.1 Å². The summed E-state index contributed by atoms with van der Waals surface area (Å²) in [6, 6.07) is 50.8. The van der Waals surface area contributed by atoms with Crippen LogP contribution in [-0.4, -0.2) is 14.1 Å². The van der Waals surface area contributed by atoms with Gasteiger partial charge in [-0.05, 0) is 123 Å². The van der Waals surface area contributed by atoms with Crippen molar-refractivity contribution in [3.05, 3.63) is 178 Å². The SMILES string of the molecule is CC.CC.CC.CC.CC.CC.CCC1(CC)c2ccccc2-c2ccc(CN(C)c3ccc(Cc4ccc(N(C)Cc5ccc6c(c5)C(CC)(CC)c5ccccc5-6)cc4)cc3)cc21. The van der Waals surface area contributed by atoms with Gasteiger partial charge in [-0.2, -0.15) is 0 Å². The first-order valence-corrected chi connectivity index (χ1v) is 25.9. The molecule has 0 spiro atoms. The molecule has 65 heavy (non-hydrogen) atoms. The van der Waals surface area contributed by atoms with Crippen molar-refractivity contribution in [2.24, 2.45) is 0 Å². The molecular weight excluding hydrogens is 785 g/mol. The van der Waals surface area contributed by atoms with Gasteiger partial charge in [-0.3, -0.25) is 0 Å². The topological polar surface area (TPSA) is 6.48 Å². The van der Waals surface area contributed by atoms with Gasteiger partial charge in [0.1, 0.15) is 0 Å². The van der Waals surface area contributed by atoms with E-state index in [1.807, 2.05) is 83.1 Å². The molecule has 2 aliphatic carbocycles. The first kappa shape index (κ1) is 56.1. The Kier molecular flexibility index (Phi) is 24.2. The molecule has 0 aliphatic heterocycles. The molecule has 2 nitrogen and oxygen atoms in total. The number of rotatable bonds is 12. The number of hydrogen-bond acceptors (Lipinski definition) is 2. The monoisotopic (exact) mass is 875 g/mol. The molecule has 6 aromatic rings. The lowest BCUT2D eigenvalue weighted by atomic mass is 9.73. The van der Waals surface area contributed by atoms with Crippen LogP contribution in [0.25, 0.3) is 22.3 Å². The Bertz CT molecular complexity index is 2070. The van der Waals surface area contributed by atoms with Crippen molar-refractivity contribution in [2.45, 2.75) is 167 Å². The lowest BCUT2D eigenvalue weighted by Crippen LogP contribution is -2.23. The molecule has 0 amide bonds. The number of anilines is 2. The van der Waals surface area contributed by atoms with E-state index >= 15 is 0 Å². The standard InChI is InChI=1S/C51H54N2.6C2H6/c1-7-50(8-2)46-17-13-11-15-42(46)44-29-23-38(32-48(44)50)34-52(5)40-25-19-36(20-26-40)31-37-21-27-41(28-22-37)53(6)35-39-24-30-45-43-16-12-14-18-47(43)51(9-3,10-4)49(45)33-39;6*1-2/h11-30,32-33H,7-10,31,34-35H2,1-6H3;6*1-2H3. The van der Waals surface area contributed by atoms with Gasteiger partial charge in [0.2, 0.25) is 0 Å². The molecule has 0 saturated heterocycles. The van der Waals surface area contributed by atoms with E-state index < -0.39 is 0 Å². The molecule has 8 rings (SSSR count). The summed E-state index contributed by atoms with van der Waals surface area (Å²) in [4.78, 5) is 4.75. The minimum atomic E-state index is 0.113. The Balaban J connectivity index is 0.00000112. The van der Waals surface area contributed by atoms with E-state index in [2.05, 4.69) is 185 Å². The van der Waals surface area contributed by atoms with Gasteiger partial charge in [0, 0.05) is 49.4 Å².